The first-order valence-electron chi connectivity index (χ1n) is 7.71. The molecule has 3 rings (SSSR count). The summed E-state index contributed by atoms with van der Waals surface area (Å²) in [5.74, 6) is 0.909. The molecular formula is C17H20N2O3S. The third-order valence-corrected chi connectivity index (χ3v) is 5.08. The number of benzene rings is 1. The van der Waals surface area contributed by atoms with Crippen molar-refractivity contribution in [2.45, 2.75) is 19.8 Å². The van der Waals surface area contributed by atoms with Crippen LogP contribution >= 0.6 is 11.8 Å². The highest BCUT2D eigenvalue weighted by Gasteiger charge is 2.28. The molecule has 0 bridgehead atoms. The summed E-state index contributed by atoms with van der Waals surface area (Å²) in [4.78, 5) is 19.2. The van der Waals surface area contributed by atoms with Crippen LogP contribution in [0, 0.1) is 5.92 Å². The van der Waals surface area contributed by atoms with E-state index in [9.17, 15) is 9.90 Å². The number of aliphatic imine (C=N–C) groups is 1. The van der Waals surface area contributed by atoms with Crippen LogP contribution in [0.5, 0.6) is 11.5 Å². The number of carbonyl (C=O) groups is 1. The lowest BCUT2D eigenvalue weighted by Crippen LogP contribution is -2.37. The molecule has 122 valence electrons. The predicted molar refractivity (Wildman–Crippen MR) is 92.6 cm³/mol. The van der Waals surface area contributed by atoms with Gasteiger partial charge in [-0.1, -0.05) is 13.0 Å². The summed E-state index contributed by atoms with van der Waals surface area (Å²) in [6.45, 7) is 4.15. The number of ether oxygens (including phenoxy) is 1. The van der Waals surface area contributed by atoms with Crippen LogP contribution < -0.4 is 4.74 Å². The van der Waals surface area contributed by atoms with Crippen LogP contribution in [-0.2, 0) is 4.79 Å². The third kappa shape index (κ3) is 3.52. The number of nitrogens with zero attached hydrogens (tertiary/aromatic N) is 2. The third-order valence-electron chi connectivity index (χ3n) is 4.04. The first kappa shape index (κ1) is 15.9. The lowest BCUT2D eigenvalue weighted by Gasteiger charge is -2.31. The minimum atomic E-state index is -0.199. The standard InChI is InChI=1S/C17H20N2O3S/c1-11-4-3-7-19(10-11)17-18-16(21)15(23-17)9-12-5-6-13(20)14(8-12)22-2/h5-6,8-9,11,20H,3-4,7,10H2,1-2H3. The maximum absolute atomic E-state index is 12.2. The Morgan fingerprint density at radius 3 is 3.04 bits per heavy atom. The highest BCUT2D eigenvalue weighted by molar-refractivity contribution is 8.18. The molecule has 1 fully saturated rings. The van der Waals surface area contributed by atoms with E-state index >= 15 is 0 Å². The Labute approximate surface area is 140 Å². The number of phenols is 1. The fourth-order valence-electron chi connectivity index (χ4n) is 2.83. The molecule has 2 aliphatic rings. The number of aromatic hydroxyl groups is 1. The van der Waals surface area contributed by atoms with E-state index in [1.54, 1.807) is 24.3 Å². The number of phenolic OH excluding ortho intramolecular Hbond substituents is 1. The van der Waals surface area contributed by atoms with Crippen LogP contribution in [-0.4, -0.2) is 41.3 Å². The summed E-state index contributed by atoms with van der Waals surface area (Å²) >= 11 is 1.42. The molecule has 23 heavy (non-hydrogen) atoms. The zero-order valence-corrected chi connectivity index (χ0v) is 14.1. The van der Waals surface area contributed by atoms with E-state index in [-0.39, 0.29) is 11.7 Å². The van der Waals surface area contributed by atoms with E-state index < -0.39 is 0 Å². The lowest BCUT2D eigenvalue weighted by atomic mass is 10.0. The summed E-state index contributed by atoms with van der Waals surface area (Å²) < 4.78 is 5.10. The molecule has 1 unspecified atom stereocenters. The Morgan fingerprint density at radius 2 is 2.30 bits per heavy atom. The fraction of sp³-hybridized carbons (Fsp3) is 0.412. The Hall–Kier alpha value is -1.95. The summed E-state index contributed by atoms with van der Waals surface area (Å²) in [5.41, 5.74) is 0.805. The lowest BCUT2D eigenvalue weighted by molar-refractivity contribution is -0.113. The maximum Gasteiger partial charge on any atom is 0.286 e. The Bertz CT molecular complexity index is 684. The van der Waals surface area contributed by atoms with E-state index in [1.807, 2.05) is 0 Å². The van der Waals surface area contributed by atoms with Gasteiger partial charge in [-0.15, -0.1) is 0 Å². The number of amides is 1. The second-order valence-electron chi connectivity index (χ2n) is 5.93. The Morgan fingerprint density at radius 1 is 1.48 bits per heavy atom. The SMILES string of the molecule is COc1cc(C=C2SC(N3CCCC(C)C3)=NC2=O)ccc1O. The van der Waals surface area contributed by atoms with Crippen molar-refractivity contribution in [1.29, 1.82) is 0 Å². The zero-order valence-electron chi connectivity index (χ0n) is 13.3. The van der Waals surface area contributed by atoms with Crippen LogP contribution in [0.2, 0.25) is 0 Å². The number of carbonyl (C=O) groups excluding carboxylic acids is 1. The molecule has 1 N–H and O–H groups in total. The maximum atomic E-state index is 12.2. The molecule has 0 radical (unpaired) electrons. The molecule has 1 aromatic rings. The minimum absolute atomic E-state index is 0.0827. The predicted octanol–water partition coefficient (Wildman–Crippen LogP) is 3.10. The van der Waals surface area contributed by atoms with Gasteiger partial charge in [0.15, 0.2) is 16.7 Å². The average Bonchev–Trinajstić information content (AvgIpc) is 2.90. The van der Waals surface area contributed by atoms with Crippen LogP contribution in [0.3, 0.4) is 0 Å². The van der Waals surface area contributed by atoms with Crippen LogP contribution in [0.25, 0.3) is 6.08 Å². The Balaban J connectivity index is 1.76. The highest BCUT2D eigenvalue weighted by Crippen LogP contribution is 2.33. The number of rotatable bonds is 2. The van der Waals surface area contributed by atoms with Gasteiger partial charge >= 0.3 is 0 Å². The average molecular weight is 332 g/mol. The smallest absolute Gasteiger partial charge is 0.286 e. The van der Waals surface area contributed by atoms with E-state index in [2.05, 4.69) is 16.8 Å². The van der Waals surface area contributed by atoms with Gasteiger partial charge in [-0.2, -0.15) is 4.99 Å². The van der Waals surface area contributed by atoms with Gasteiger partial charge in [0.2, 0.25) is 0 Å². The Kier molecular flexibility index (Phi) is 4.61. The molecule has 6 heteroatoms. The number of amidine groups is 1. The van der Waals surface area contributed by atoms with Crippen molar-refractivity contribution in [2.24, 2.45) is 10.9 Å². The molecule has 0 saturated carbocycles. The molecule has 0 spiro atoms. The largest absolute Gasteiger partial charge is 0.504 e. The summed E-state index contributed by atoms with van der Waals surface area (Å²) in [7, 11) is 1.50. The zero-order chi connectivity index (χ0) is 16.4. The van der Waals surface area contributed by atoms with Crippen molar-refractivity contribution in [2.75, 3.05) is 20.2 Å². The molecule has 2 aliphatic heterocycles. The summed E-state index contributed by atoms with van der Waals surface area (Å²) in [5, 5.41) is 10.4. The van der Waals surface area contributed by atoms with Crippen molar-refractivity contribution in [3.63, 3.8) is 0 Å². The highest BCUT2D eigenvalue weighted by atomic mass is 32.2. The van der Waals surface area contributed by atoms with Gasteiger partial charge in [-0.05, 0) is 54.3 Å². The normalized spacial score (nSPS) is 23.3. The van der Waals surface area contributed by atoms with Gasteiger partial charge in [-0.3, -0.25) is 4.79 Å². The number of likely N-dealkylation sites (tertiary alicyclic amines) is 1. The van der Waals surface area contributed by atoms with Gasteiger partial charge in [0.25, 0.3) is 5.91 Å². The van der Waals surface area contributed by atoms with E-state index in [0.717, 1.165) is 30.2 Å². The van der Waals surface area contributed by atoms with Crippen molar-refractivity contribution >= 4 is 28.9 Å². The van der Waals surface area contributed by atoms with Gasteiger partial charge < -0.3 is 14.7 Å². The molecular weight excluding hydrogens is 312 g/mol. The molecule has 2 heterocycles. The molecule has 1 atom stereocenters. The molecule has 0 aromatic heterocycles. The van der Waals surface area contributed by atoms with Crippen molar-refractivity contribution in [3.05, 3.63) is 28.7 Å². The number of thioether (sulfide) groups is 1. The molecule has 5 nitrogen and oxygen atoms in total. The molecule has 0 aliphatic carbocycles. The van der Waals surface area contributed by atoms with Gasteiger partial charge in [0.1, 0.15) is 0 Å². The second kappa shape index (κ2) is 6.66. The van der Waals surface area contributed by atoms with Crippen molar-refractivity contribution in [3.8, 4) is 11.5 Å². The summed E-state index contributed by atoms with van der Waals surface area (Å²) in [6, 6.07) is 5.01. The van der Waals surface area contributed by atoms with Crippen LogP contribution in [0.4, 0.5) is 0 Å². The van der Waals surface area contributed by atoms with Gasteiger partial charge in [-0.25, -0.2) is 0 Å². The number of hydrogen-bond acceptors (Lipinski definition) is 5. The first-order chi connectivity index (χ1) is 11.1. The van der Waals surface area contributed by atoms with Crippen LogP contribution in [0.1, 0.15) is 25.3 Å². The second-order valence-corrected chi connectivity index (χ2v) is 6.94. The molecule has 1 amide bonds. The van der Waals surface area contributed by atoms with E-state index in [4.69, 9.17) is 4.74 Å². The topological polar surface area (TPSA) is 62.1 Å². The monoisotopic (exact) mass is 332 g/mol. The first-order valence-corrected chi connectivity index (χ1v) is 8.53. The van der Waals surface area contributed by atoms with Crippen molar-refractivity contribution in [1.82, 2.24) is 4.90 Å². The van der Waals surface area contributed by atoms with Crippen molar-refractivity contribution < 1.29 is 14.6 Å². The number of hydrogen-bond donors (Lipinski definition) is 1. The quantitative estimate of drug-likeness (QED) is 0.843. The van der Waals surface area contributed by atoms with Gasteiger partial charge in [0, 0.05) is 13.1 Å². The fourth-order valence-corrected chi connectivity index (χ4v) is 3.78. The summed E-state index contributed by atoms with van der Waals surface area (Å²) in [6.07, 6.45) is 4.17. The number of piperidine rings is 1. The van der Waals surface area contributed by atoms with Crippen LogP contribution in [0.15, 0.2) is 28.1 Å². The number of methoxy groups -OCH3 is 1. The molecule has 1 saturated heterocycles. The van der Waals surface area contributed by atoms with E-state index in [1.165, 1.54) is 25.3 Å². The van der Waals surface area contributed by atoms with Gasteiger partial charge in [0.05, 0.1) is 12.0 Å². The van der Waals surface area contributed by atoms with E-state index in [0.29, 0.717) is 16.6 Å². The molecule has 1 aromatic carbocycles. The minimum Gasteiger partial charge on any atom is -0.504 e.